The van der Waals surface area contributed by atoms with E-state index in [9.17, 15) is 4.79 Å². The lowest BCUT2D eigenvalue weighted by atomic mass is 10.1. The molecule has 0 N–H and O–H groups in total. The monoisotopic (exact) mass is 247 g/mol. The average molecular weight is 247 g/mol. The van der Waals surface area contributed by atoms with Crippen molar-refractivity contribution < 1.29 is 4.79 Å². The molecule has 0 spiro atoms. The molecule has 0 aromatic carbocycles. The molecule has 1 amide bonds. The van der Waals surface area contributed by atoms with Crippen molar-refractivity contribution in [2.45, 2.75) is 34.1 Å². The predicted octanol–water partition coefficient (Wildman–Crippen LogP) is 3.64. The van der Waals surface area contributed by atoms with Crippen LogP contribution in [0.25, 0.3) is 0 Å². The number of nitrogens with zero attached hydrogens (tertiary/aromatic N) is 1. The van der Waals surface area contributed by atoms with Gasteiger partial charge in [-0.3, -0.25) is 4.79 Å². The Morgan fingerprint density at radius 3 is 2.33 bits per heavy atom. The molecule has 0 saturated carbocycles. The number of carbonyl (C=O) groups is 1. The topological polar surface area (TPSA) is 20.3 Å². The Labute approximate surface area is 97.4 Å². The molecule has 1 aliphatic rings. The first-order chi connectivity index (χ1) is 7.02. The SMILES string of the molecule is CC=C(C)C.CPPN1CCC(C)C1=O. The average Bonchev–Trinajstić information content (AvgIpc) is 2.51. The van der Waals surface area contributed by atoms with Crippen molar-refractivity contribution in [2.24, 2.45) is 5.92 Å². The Morgan fingerprint density at radius 1 is 1.53 bits per heavy atom. The van der Waals surface area contributed by atoms with Gasteiger partial charge in [0.25, 0.3) is 0 Å². The fraction of sp³-hybridized carbons (Fsp3) is 0.727. The Hall–Kier alpha value is 0.0700. The van der Waals surface area contributed by atoms with Crippen molar-refractivity contribution in [1.29, 1.82) is 0 Å². The van der Waals surface area contributed by atoms with Crippen LogP contribution in [0.2, 0.25) is 0 Å². The van der Waals surface area contributed by atoms with Gasteiger partial charge in [0.05, 0.1) is 0 Å². The Bertz CT molecular complexity index is 223. The second-order valence-corrected chi connectivity index (χ2v) is 7.34. The van der Waals surface area contributed by atoms with E-state index in [1.165, 1.54) is 5.57 Å². The highest BCUT2D eigenvalue weighted by atomic mass is 32.0. The summed E-state index contributed by atoms with van der Waals surface area (Å²) in [5.41, 5.74) is 1.38. The lowest BCUT2D eigenvalue weighted by Crippen LogP contribution is -2.16. The van der Waals surface area contributed by atoms with Crippen LogP contribution in [0.5, 0.6) is 0 Å². The zero-order valence-electron chi connectivity index (χ0n) is 10.4. The Morgan fingerprint density at radius 2 is 2.07 bits per heavy atom. The largest absolute Gasteiger partial charge is 0.321 e. The fourth-order valence-corrected chi connectivity index (χ4v) is 3.39. The predicted molar refractivity (Wildman–Crippen MR) is 73.2 cm³/mol. The van der Waals surface area contributed by atoms with Gasteiger partial charge in [0.2, 0.25) is 5.91 Å². The summed E-state index contributed by atoms with van der Waals surface area (Å²) >= 11 is 0. The molecule has 0 aromatic heterocycles. The molecule has 88 valence electrons. The molecule has 0 radical (unpaired) electrons. The maximum atomic E-state index is 11.2. The summed E-state index contributed by atoms with van der Waals surface area (Å²) in [6.45, 7) is 11.4. The van der Waals surface area contributed by atoms with Crippen molar-refractivity contribution in [2.75, 3.05) is 13.2 Å². The van der Waals surface area contributed by atoms with Gasteiger partial charge in [0.15, 0.2) is 0 Å². The van der Waals surface area contributed by atoms with Crippen LogP contribution in [0.1, 0.15) is 34.1 Å². The summed E-state index contributed by atoms with van der Waals surface area (Å²) < 4.78 is 2.00. The van der Waals surface area contributed by atoms with E-state index in [-0.39, 0.29) is 0 Å². The highest BCUT2D eigenvalue weighted by molar-refractivity contribution is 8.10. The first-order valence-corrected chi connectivity index (χ1v) is 8.81. The van der Waals surface area contributed by atoms with Crippen molar-refractivity contribution in [1.82, 2.24) is 4.67 Å². The summed E-state index contributed by atoms with van der Waals surface area (Å²) in [5.74, 6) is 0.663. The van der Waals surface area contributed by atoms with E-state index in [2.05, 4.69) is 26.6 Å². The quantitative estimate of drug-likeness (QED) is 0.539. The van der Waals surface area contributed by atoms with Gasteiger partial charge in [-0.05, 0) is 33.9 Å². The van der Waals surface area contributed by atoms with E-state index in [1.54, 1.807) is 0 Å². The molecular weight excluding hydrogens is 224 g/mol. The normalized spacial score (nSPS) is 21.3. The van der Waals surface area contributed by atoms with Crippen LogP contribution in [-0.4, -0.2) is 23.8 Å². The molecule has 3 atom stereocenters. The van der Waals surface area contributed by atoms with Crippen LogP contribution in [0.3, 0.4) is 0 Å². The highest BCUT2D eigenvalue weighted by Crippen LogP contribution is 2.40. The smallest absolute Gasteiger partial charge is 0.228 e. The minimum Gasteiger partial charge on any atom is -0.321 e. The number of hydrogen-bond donors (Lipinski definition) is 0. The van der Waals surface area contributed by atoms with Crippen LogP contribution in [0.15, 0.2) is 11.6 Å². The van der Waals surface area contributed by atoms with Crippen LogP contribution in [0, 0.1) is 5.92 Å². The number of allylic oxidation sites excluding steroid dienone is 2. The van der Waals surface area contributed by atoms with Crippen molar-refractivity contribution >= 4 is 22.6 Å². The maximum Gasteiger partial charge on any atom is 0.228 e. The maximum absolute atomic E-state index is 11.2. The third-order valence-electron chi connectivity index (χ3n) is 2.30. The minimum absolute atomic E-state index is 0.295. The van der Waals surface area contributed by atoms with Crippen LogP contribution < -0.4 is 0 Å². The highest BCUT2D eigenvalue weighted by Gasteiger charge is 2.26. The van der Waals surface area contributed by atoms with Crippen molar-refractivity contribution in [3.05, 3.63) is 11.6 Å². The van der Waals surface area contributed by atoms with Crippen LogP contribution in [0.4, 0.5) is 0 Å². The first-order valence-electron chi connectivity index (χ1n) is 5.36. The van der Waals surface area contributed by atoms with E-state index >= 15 is 0 Å². The zero-order valence-corrected chi connectivity index (χ0v) is 12.4. The molecular formula is C11H23NOP2. The van der Waals surface area contributed by atoms with Crippen molar-refractivity contribution in [3.63, 3.8) is 0 Å². The molecule has 4 heteroatoms. The lowest BCUT2D eigenvalue weighted by molar-refractivity contribution is -0.126. The molecule has 0 aliphatic carbocycles. The van der Waals surface area contributed by atoms with E-state index < -0.39 is 0 Å². The van der Waals surface area contributed by atoms with Gasteiger partial charge >= 0.3 is 0 Å². The molecule has 1 heterocycles. The van der Waals surface area contributed by atoms with E-state index in [1.807, 2.05) is 18.5 Å². The lowest BCUT2D eigenvalue weighted by Gasteiger charge is -2.13. The number of carbonyl (C=O) groups excluding carboxylic acids is 1. The van der Waals surface area contributed by atoms with Crippen LogP contribution >= 0.6 is 16.7 Å². The Kier molecular flexibility index (Phi) is 8.29. The van der Waals surface area contributed by atoms with E-state index in [0.717, 1.165) is 29.7 Å². The Balaban J connectivity index is 0.000000336. The molecule has 1 saturated heterocycles. The fourth-order valence-electron chi connectivity index (χ4n) is 1.07. The van der Waals surface area contributed by atoms with Gasteiger partial charge in [0, 0.05) is 20.9 Å². The molecule has 0 bridgehead atoms. The minimum atomic E-state index is 0.295. The van der Waals surface area contributed by atoms with E-state index in [4.69, 9.17) is 0 Å². The zero-order chi connectivity index (χ0) is 11.8. The molecule has 0 aromatic rings. The van der Waals surface area contributed by atoms with E-state index in [0.29, 0.717) is 11.8 Å². The van der Waals surface area contributed by atoms with Gasteiger partial charge < -0.3 is 4.67 Å². The molecule has 2 nitrogen and oxygen atoms in total. The van der Waals surface area contributed by atoms with Gasteiger partial charge in [-0.1, -0.05) is 26.8 Å². The van der Waals surface area contributed by atoms with Gasteiger partial charge in [-0.15, -0.1) is 0 Å². The van der Waals surface area contributed by atoms with Crippen molar-refractivity contribution in [3.8, 4) is 0 Å². The molecule has 1 aliphatic heterocycles. The number of amides is 1. The second-order valence-electron chi connectivity index (χ2n) is 3.91. The van der Waals surface area contributed by atoms with Gasteiger partial charge in [-0.25, -0.2) is 0 Å². The summed E-state index contributed by atoms with van der Waals surface area (Å²) in [5, 5.41) is 0. The molecule has 1 fully saturated rings. The third kappa shape index (κ3) is 6.28. The van der Waals surface area contributed by atoms with Crippen LogP contribution in [-0.2, 0) is 4.79 Å². The molecule has 3 unspecified atom stereocenters. The third-order valence-corrected chi connectivity index (χ3v) is 4.72. The van der Waals surface area contributed by atoms with Gasteiger partial charge in [-0.2, -0.15) is 0 Å². The summed E-state index contributed by atoms with van der Waals surface area (Å²) in [4.78, 5) is 11.2. The number of rotatable bonds is 2. The number of hydrogen-bond acceptors (Lipinski definition) is 1. The summed E-state index contributed by atoms with van der Waals surface area (Å²) in [7, 11) is 1.65. The molecule has 1 rings (SSSR count). The second kappa shape index (κ2) is 8.25. The molecule has 15 heavy (non-hydrogen) atoms. The summed E-state index contributed by atoms with van der Waals surface area (Å²) in [6, 6.07) is 0. The first kappa shape index (κ1) is 15.1. The van der Waals surface area contributed by atoms with Gasteiger partial charge in [0.1, 0.15) is 0 Å². The summed E-state index contributed by atoms with van der Waals surface area (Å²) in [6.07, 6.45) is 3.15. The standard InChI is InChI=1S/C6H13NOP2.C5H10/c1-5-3-4-7(6(5)8)10-9-2;1-4-5(2)3/h5,9-10H,3-4H2,1-2H3;4H,1-3H3.